The van der Waals surface area contributed by atoms with E-state index in [0.717, 1.165) is 42.2 Å². The Morgan fingerprint density at radius 3 is 2.96 bits per heavy atom. The Morgan fingerprint density at radius 2 is 2.31 bits per heavy atom. The molecule has 0 radical (unpaired) electrons. The van der Waals surface area contributed by atoms with Gasteiger partial charge < -0.3 is 5.32 Å². The summed E-state index contributed by atoms with van der Waals surface area (Å²) >= 11 is 7.21. The van der Waals surface area contributed by atoms with Gasteiger partial charge in [0, 0.05) is 16.5 Å². The zero-order chi connectivity index (χ0) is 18.8. The zero-order valence-corrected chi connectivity index (χ0v) is 15.6. The van der Waals surface area contributed by atoms with Crippen molar-refractivity contribution in [2.45, 2.75) is 32.6 Å². The van der Waals surface area contributed by atoms with Crippen LogP contribution in [0.2, 0.25) is 5.02 Å². The number of hydrogen-bond acceptors (Lipinski definition) is 5. The number of nitro benzene ring substituents is 1. The molecule has 1 amide bonds. The molecule has 1 heterocycles. The number of carbonyl (C=O) groups is 1. The molecule has 1 atom stereocenters. The Morgan fingerprint density at radius 1 is 1.54 bits per heavy atom. The highest BCUT2D eigenvalue weighted by Crippen LogP contribution is 2.40. The lowest BCUT2D eigenvalue weighted by atomic mass is 9.86. The molecule has 0 fully saturated rings. The summed E-state index contributed by atoms with van der Waals surface area (Å²) in [5.74, 6) is 0.113. The van der Waals surface area contributed by atoms with Crippen LogP contribution in [0.25, 0.3) is 0 Å². The summed E-state index contributed by atoms with van der Waals surface area (Å²) < 4.78 is 0. The van der Waals surface area contributed by atoms with Crippen LogP contribution in [0.1, 0.15) is 46.1 Å². The van der Waals surface area contributed by atoms with Gasteiger partial charge in [-0.25, -0.2) is 0 Å². The average Bonchev–Trinajstić information content (AvgIpc) is 2.97. The van der Waals surface area contributed by atoms with Crippen LogP contribution in [0, 0.1) is 27.4 Å². The van der Waals surface area contributed by atoms with Crippen LogP contribution in [0.4, 0.5) is 10.7 Å². The Balaban J connectivity index is 1.89. The molecule has 6 nitrogen and oxygen atoms in total. The van der Waals surface area contributed by atoms with Crippen molar-refractivity contribution in [2.75, 3.05) is 5.32 Å². The van der Waals surface area contributed by atoms with Crippen molar-refractivity contribution < 1.29 is 9.72 Å². The highest BCUT2D eigenvalue weighted by atomic mass is 35.5. The third kappa shape index (κ3) is 3.43. The van der Waals surface area contributed by atoms with Crippen LogP contribution in [0.3, 0.4) is 0 Å². The molecular formula is C18H16ClN3O3S. The number of rotatable bonds is 4. The number of nitriles is 1. The van der Waals surface area contributed by atoms with Crippen molar-refractivity contribution in [1.82, 2.24) is 0 Å². The number of anilines is 1. The molecule has 1 aromatic carbocycles. The van der Waals surface area contributed by atoms with Crippen molar-refractivity contribution in [3.63, 3.8) is 0 Å². The van der Waals surface area contributed by atoms with Gasteiger partial charge in [-0.3, -0.25) is 14.9 Å². The van der Waals surface area contributed by atoms with Gasteiger partial charge in [0.05, 0.1) is 10.5 Å². The van der Waals surface area contributed by atoms with Gasteiger partial charge in [0.2, 0.25) is 0 Å². The van der Waals surface area contributed by atoms with E-state index in [1.54, 1.807) is 0 Å². The monoisotopic (exact) mass is 389 g/mol. The maximum atomic E-state index is 12.5. The van der Waals surface area contributed by atoms with E-state index < -0.39 is 10.8 Å². The largest absolute Gasteiger partial charge is 0.312 e. The molecule has 1 aliphatic rings. The first-order valence-corrected chi connectivity index (χ1v) is 9.44. The SMILES string of the molecule is CCC1CCc2c(sc(NC(=O)c3ccc(Cl)c([N+](=O)[O-])c3)c2C#N)C1. The predicted octanol–water partition coefficient (Wildman–Crippen LogP) is 4.95. The van der Waals surface area contributed by atoms with Gasteiger partial charge in [0.15, 0.2) is 0 Å². The second kappa shape index (κ2) is 7.44. The summed E-state index contributed by atoms with van der Waals surface area (Å²) in [5.41, 5.74) is 1.34. The molecule has 0 spiro atoms. The number of benzene rings is 1. The van der Waals surface area contributed by atoms with Gasteiger partial charge in [-0.2, -0.15) is 5.26 Å². The highest BCUT2D eigenvalue weighted by Gasteiger charge is 2.26. The summed E-state index contributed by atoms with van der Waals surface area (Å²) in [6.45, 7) is 2.16. The summed E-state index contributed by atoms with van der Waals surface area (Å²) in [6, 6.07) is 6.09. The van der Waals surface area contributed by atoms with Crippen molar-refractivity contribution in [3.05, 3.63) is 54.9 Å². The van der Waals surface area contributed by atoms with Crippen molar-refractivity contribution in [3.8, 4) is 6.07 Å². The van der Waals surface area contributed by atoms with Crippen molar-refractivity contribution in [1.29, 1.82) is 5.26 Å². The van der Waals surface area contributed by atoms with Gasteiger partial charge >= 0.3 is 0 Å². The molecule has 0 saturated heterocycles. The van der Waals surface area contributed by atoms with Gasteiger partial charge in [0.25, 0.3) is 11.6 Å². The molecule has 0 bridgehead atoms. The number of halogens is 1. The fourth-order valence-corrected chi connectivity index (χ4v) is 4.67. The normalized spacial score (nSPS) is 15.8. The standard InChI is InChI=1S/C18H16ClN3O3S/c1-2-10-3-5-12-13(9-20)18(26-16(12)7-10)21-17(23)11-4-6-14(19)15(8-11)22(24)25/h4,6,8,10H,2-3,5,7H2,1H3,(H,21,23). The maximum absolute atomic E-state index is 12.5. The number of hydrogen-bond donors (Lipinski definition) is 1. The molecule has 0 aliphatic heterocycles. The van der Waals surface area contributed by atoms with E-state index >= 15 is 0 Å². The third-order valence-corrected chi connectivity index (χ3v) is 6.18. The average molecular weight is 390 g/mol. The van der Waals surface area contributed by atoms with Gasteiger partial charge in [-0.15, -0.1) is 11.3 Å². The fourth-order valence-electron chi connectivity index (χ4n) is 3.18. The van der Waals surface area contributed by atoms with Crippen molar-refractivity contribution in [2.24, 2.45) is 5.92 Å². The number of nitro groups is 1. The Bertz CT molecular complexity index is 932. The molecule has 3 rings (SSSR count). The van der Waals surface area contributed by atoms with Crippen LogP contribution in [0.5, 0.6) is 0 Å². The topological polar surface area (TPSA) is 96.0 Å². The lowest BCUT2D eigenvalue weighted by Gasteiger charge is -2.20. The highest BCUT2D eigenvalue weighted by molar-refractivity contribution is 7.16. The zero-order valence-electron chi connectivity index (χ0n) is 14.0. The molecule has 0 saturated carbocycles. The van der Waals surface area contributed by atoms with Crippen LogP contribution in [0.15, 0.2) is 18.2 Å². The first-order valence-electron chi connectivity index (χ1n) is 8.24. The summed E-state index contributed by atoms with van der Waals surface area (Å²) in [4.78, 5) is 24.0. The van der Waals surface area contributed by atoms with Gasteiger partial charge in [-0.1, -0.05) is 24.9 Å². The van der Waals surface area contributed by atoms with Crippen LogP contribution >= 0.6 is 22.9 Å². The van der Waals surface area contributed by atoms with E-state index in [1.807, 2.05) is 0 Å². The maximum Gasteiger partial charge on any atom is 0.288 e. The number of amides is 1. The second-order valence-electron chi connectivity index (χ2n) is 6.21. The first kappa shape index (κ1) is 18.4. The van der Waals surface area contributed by atoms with Crippen LogP contribution in [-0.4, -0.2) is 10.8 Å². The molecular weight excluding hydrogens is 374 g/mol. The van der Waals surface area contributed by atoms with Crippen molar-refractivity contribution >= 4 is 39.5 Å². The fraction of sp³-hybridized carbons (Fsp3) is 0.333. The number of fused-ring (bicyclic) bond motifs is 1. The molecule has 2 aromatic rings. The number of nitrogens with one attached hydrogen (secondary N) is 1. The summed E-state index contributed by atoms with van der Waals surface area (Å²) in [6.07, 6.45) is 3.91. The minimum atomic E-state index is -0.630. The number of carbonyl (C=O) groups excluding carboxylic acids is 1. The molecule has 26 heavy (non-hydrogen) atoms. The van der Waals surface area contributed by atoms with E-state index in [1.165, 1.54) is 23.5 Å². The smallest absolute Gasteiger partial charge is 0.288 e. The quantitative estimate of drug-likeness (QED) is 0.591. The van der Waals surface area contributed by atoms with E-state index in [9.17, 15) is 20.2 Å². The van der Waals surface area contributed by atoms with Crippen LogP contribution in [-0.2, 0) is 12.8 Å². The molecule has 1 N–H and O–H groups in total. The number of nitrogens with zero attached hydrogens (tertiary/aromatic N) is 2. The van der Waals surface area contributed by atoms with E-state index in [-0.39, 0.29) is 16.3 Å². The van der Waals surface area contributed by atoms with E-state index in [4.69, 9.17) is 11.6 Å². The lowest BCUT2D eigenvalue weighted by molar-refractivity contribution is -0.384. The Kier molecular flexibility index (Phi) is 5.25. The minimum Gasteiger partial charge on any atom is -0.312 e. The first-order chi connectivity index (χ1) is 12.4. The molecule has 8 heteroatoms. The van der Waals surface area contributed by atoms with Crippen LogP contribution < -0.4 is 5.32 Å². The second-order valence-corrected chi connectivity index (χ2v) is 7.73. The third-order valence-electron chi connectivity index (χ3n) is 4.69. The van der Waals surface area contributed by atoms with Gasteiger partial charge in [0.1, 0.15) is 16.1 Å². The minimum absolute atomic E-state index is 0.0264. The Hall–Kier alpha value is -2.43. The van der Waals surface area contributed by atoms with E-state index in [2.05, 4.69) is 18.3 Å². The summed E-state index contributed by atoms with van der Waals surface area (Å²) in [5, 5.41) is 23.7. The Labute approximate surface area is 159 Å². The number of thiophene rings is 1. The lowest BCUT2D eigenvalue weighted by Crippen LogP contribution is -2.13. The molecule has 1 aromatic heterocycles. The molecule has 1 aliphatic carbocycles. The molecule has 1 unspecified atom stereocenters. The predicted molar refractivity (Wildman–Crippen MR) is 101 cm³/mol. The van der Waals surface area contributed by atoms with E-state index in [0.29, 0.717) is 16.5 Å². The molecule has 134 valence electrons. The van der Waals surface area contributed by atoms with Gasteiger partial charge in [-0.05, 0) is 42.9 Å². The summed E-state index contributed by atoms with van der Waals surface area (Å²) in [7, 11) is 0.